The van der Waals surface area contributed by atoms with Crippen LogP contribution in [0.5, 0.6) is 0 Å². The second-order valence-electron chi connectivity index (χ2n) is 4.31. The summed E-state index contributed by atoms with van der Waals surface area (Å²) in [7, 11) is 0. The topological polar surface area (TPSA) is 82.4 Å². The molecule has 1 heterocycles. The van der Waals surface area contributed by atoms with Gasteiger partial charge < -0.3 is 15.2 Å². The van der Waals surface area contributed by atoms with Gasteiger partial charge in [0.1, 0.15) is 5.54 Å². The van der Waals surface area contributed by atoms with Gasteiger partial charge in [0.2, 0.25) is 0 Å². The standard InChI is InChI=1S/C13H14N2O3/c14-9-10-1-3-11(4-2-10)15-13(12(16)17)5-7-18-8-6-13/h1-4,15H,5-8H2,(H,16,17). The maximum atomic E-state index is 11.4. The fourth-order valence-corrected chi connectivity index (χ4v) is 2.02. The van der Waals surface area contributed by atoms with Crippen molar-refractivity contribution in [1.82, 2.24) is 0 Å². The molecule has 1 aliphatic rings. The average Bonchev–Trinajstić information content (AvgIpc) is 2.40. The highest BCUT2D eigenvalue weighted by Crippen LogP contribution is 2.26. The lowest BCUT2D eigenvalue weighted by atomic mass is 9.89. The molecule has 0 spiro atoms. The van der Waals surface area contributed by atoms with Gasteiger partial charge in [-0.2, -0.15) is 5.26 Å². The predicted octanol–water partition coefficient (Wildman–Crippen LogP) is 1.60. The number of ether oxygens (including phenoxy) is 1. The first-order valence-corrected chi connectivity index (χ1v) is 5.76. The number of rotatable bonds is 3. The fourth-order valence-electron chi connectivity index (χ4n) is 2.02. The van der Waals surface area contributed by atoms with Crippen LogP contribution < -0.4 is 5.32 Å². The summed E-state index contributed by atoms with van der Waals surface area (Å²) in [5.74, 6) is -0.866. The van der Waals surface area contributed by atoms with Gasteiger partial charge >= 0.3 is 5.97 Å². The van der Waals surface area contributed by atoms with Gasteiger partial charge in [0.25, 0.3) is 0 Å². The molecular weight excluding hydrogens is 232 g/mol. The molecular formula is C13H14N2O3. The van der Waals surface area contributed by atoms with Crippen molar-refractivity contribution in [3.63, 3.8) is 0 Å². The molecule has 0 bridgehead atoms. The summed E-state index contributed by atoms with van der Waals surface area (Å²) in [6, 6.07) is 8.80. The van der Waals surface area contributed by atoms with E-state index in [4.69, 9.17) is 10.00 Å². The van der Waals surface area contributed by atoms with Crippen LogP contribution in [-0.4, -0.2) is 29.8 Å². The highest BCUT2D eigenvalue weighted by atomic mass is 16.5. The SMILES string of the molecule is N#Cc1ccc(NC2(C(=O)O)CCOCC2)cc1. The molecule has 0 radical (unpaired) electrons. The van der Waals surface area contributed by atoms with Crippen molar-refractivity contribution in [2.45, 2.75) is 18.4 Å². The Hall–Kier alpha value is -2.06. The first kappa shape index (κ1) is 12.4. The smallest absolute Gasteiger partial charge is 0.329 e. The quantitative estimate of drug-likeness (QED) is 0.846. The van der Waals surface area contributed by atoms with Crippen molar-refractivity contribution in [3.05, 3.63) is 29.8 Å². The minimum Gasteiger partial charge on any atom is -0.480 e. The minimum atomic E-state index is -0.966. The Labute approximate surface area is 105 Å². The number of hydrogen-bond acceptors (Lipinski definition) is 4. The van der Waals surface area contributed by atoms with E-state index in [0.29, 0.717) is 37.3 Å². The Kier molecular flexibility index (Phi) is 3.49. The maximum absolute atomic E-state index is 11.4. The zero-order chi connectivity index (χ0) is 13.0. The highest BCUT2D eigenvalue weighted by molar-refractivity contribution is 5.83. The van der Waals surface area contributed by atoms with E-state index in [2.05, 4.69) is 5.32 Å². The van der Waals surface area contributed by atoms with Crippen LogP contribution >= 0.6 is 0 Å². The second kappa shape index (κ2) is 5.07. The minimum absolute atomic E-state index is 0.433. The first-order chi connectivity index (χ1) is 8.66. The number of nitrogens with zero attached hydrogens (tertiary/aromatic N) is 1. The summed E-state index contributed by atoms with van der Waals surface area (Å²) in [6.07, 6.45) is 0.866. The normalized spacial score (nSPS) is 17.7. The van der Waals surface area contributed by atoms with Gasteiger partial charge in [0, 0.05) is 31.7 Å². The molecule has 0 aliphatic carbocycles. The molecule has 0 unspecified atom stereocenters. The highest BCUT2D eigenvalue weighted by Gasteiger charge is 2.40. The summed E-state index contributed by atoms with van der Waals surface area (Å²) in [5, 5.41) is 21.1. The molecule has 2 N–H and O–H groups in total. The van der Waals surface area contributed by atoms with Gasteiger partial charge in [0.05, 0.1) is 11.6 Å². The molecule has 18 heavy (non-hydrogen) atoms. The Morgan fingerprint density at radius 2 is 1.94 bits per heavy atom. The number of hydrogen-bond donors (Lipinski definition) is 2. The summed E-state index contributed by atoms with van der Waals surface area (Å²) in [5.41, 5.74) is 0.294. The van der Waals surface area contributed by atoms with E-state index in [9.17, 15) is 9.90 Å². The molecule has 0 amide bonds. The maximum Gasteiger partial charge on any atom is 0.329 e. The first-order valence-electron chi connectivity index (χ1n) is 5.76. The Balaban J connectivity index is 2.18. The largest absolute Gasteiger partial charge is 0.480 e. The van der Waals surface area contributed by atoms with Gasteiger partial charge in [-0.05, 0) is 24.3 Å². The van der Waals surface area contributed by atoms with Gasteiger partial charge in [-0.15, -0.1) is 0 Å². The molecule has 2 rings (SSSR count). The lowest BCUT2D eigenvalue weighted by molar-refractivity contribution is -0.145. The van der Waals surface area contributed by atoms with Crippen molar-refractivity contribution >= 4 is 11.7 Å². The summed E-state index contributed by atoms with van der Waals surface area (Å²) >= 11 is 0. The predicted molar refractivity (Wildman–Crippen MR) is 65.2 cm³/mol. The Morgan fingerprint density at radius 3 is 2.44 bits per heavy atom. The Morgan fingerprint density at radius 1 is 1.33 bits per heavy atom. The van der Waals surface area contributed by atoms with E-state index in [1.54, 1.807) is 24.3 Å². The molecule has 0 aromatic heterocycles. The molecule has 0 atom stereocenters. The average molecular weight is 246 g/mol. The van der Waals surface area contributed by atoms with Crippen LogP contribution in [0.4, 0.5) is 5.69 Å². The summed E-state index contributed by atoms with van der Waals surface area (Å²) in [6.45, 7) is 0.880. The number of carbonyl (C=O) groups is 1. The van der Waals surface area contributed by atoms with E-state index >= 15 is 0 Å². The molecule has 1 aromatic carbocycles. The number of benzene rings is 1. The van der Waals surface area contributed by atoms with Gasteiger partial charge in [0.15, 0.2) is 0 Å². The summed E-state index contributed by atoms with van der Waals surface area (Å²) < 4.78 is 5.20. The van der Waals surface area contributed by atoms with Gasteiger partial charge in [-0.3, -0.25) is 0 Å². The molecule has 0 saturated carbocycles. The van der Waals surface area contributed by atoms with Crippen LogP contribution in [0, 0.1) is 11.3 Å². The van der Waals surface area contributed by atoms with Crippen molar-refractivity contribution in [1.29, 1.82) is 5.26 Å². The molecule has 1 fully saturated rings. The second-order valence-corrected chi connectivity index (χ2v) is 4.31. The lowest BCUT2D eigenvalue weighted by Gasteiger charge is -2.34. The summed E-state index contributed by atoms with van der Waals surface area (Å²) in [4.78, 5) is 11.4. The fraction of sp³-hybridized carbons (Fsp3) is 0.385. The zero-order valence-corrected chi connectivity index (χ0v) is 9.85. The van der Waals surface area contributed by atoms with Crippen LogP contribution in [0.25, 0.3) is 0 Å². The van der Waals surface area contributed by atoms with Crippen LogP contribution in [-0.2, 0) is 9.53 Å². The number of nitriles is 1. The van der Waals surface area contributed by atoms with Crippen molar-refractivity contribution in [3.8, 4) is 6.07 Å². The molecule has 94 valence electrons. The number of carboxylic acids is 1. The number of anilines is 1. The number of aliphatic carboxylic acids is 1. The van der Waals surface area contributed by atoms with Crippen LogP contribution in [0.15, 0.2) is 24.3 Å². The molecule has 5 heteroatoms. The zero-order valence-electron chi connectivity index (χ0n) is 9.85. The van der Waals surface area contributed by atoms with Crippen molar-refractivity contribution in [2.24, 2.45) is 0 Å². The monoisotopic (exact) mass is 246 g/mol. The van der Waals surface area contributed by atoms with Crippen molar-refractivity contribution in [2.75, 3.05) is 18.5 Å². The number of nitrogens with one attached hydrogen (secondary N) is 1. The van der Waals surface area contributed by atoms with E-state index in [-0.39, 0.29) is 0 Å². The van der Waals surface area contributed by atoms with Crippen LogP contribution in [0.2, 0.25) is 0 Å². The molecule has 1 aromatic rings. The number of carboxylic acid groups (broad SMARTS) is 1. The van der Waals surface area contributed by atoms with Crippen molar-refractivity contribution < 1.29 is 14.6 Å². The van der Waals surface area contributed by atoms with Crippen LogP contribution in [0.1, 0.15) is 18.4 Å². The third kappa shape index (κ3) is 2.44. The van der Waals surface area contributed by atoms with E-state index in [0.717, 1.165) is 0 Å². The third-order valence-electron chi connectivity index (χ3n) is 3.15. The van der Waals surface area contributed by atoms with E-state index in [1.807, 2.05) is 6.07 Å². The Bertz CT molecular complexity index is 470. The molecule has 5 nitrogen and oxygen atoms in total. The van der Waals surface area contributed by atoms with Gasteiger partial charge in [-0.25, -0.2) is 4.79 Å². The van der Waals surface area contributed by atoms with E-state index in [1.165, 1.54) is 0 Å². The van der Waals surface area contributed by atoms with E-state index < -0.39 is 11.5 Å². The molecule has 1 saturated heterocycles. The molecule has 1 aliphatic heterocycles. The lowest BCUT2D eigenvalue weighted by Crippen LogP contribution is -2.50. The van der Waals surface area contributed by atoms with Crippen LogP contribution in [0.3, 0.4) is 0 Å². The third-order valence-corrected chi connectivity index (χ3v) is 3.15. The van der Waals surface area contributed by atoms with Gasteiger partial charge in [-0.1, -0.05) is 0 Å².